The number of nitro groups is 1. The second kappa shape index (κ2) is 5.09. The fraction of sp³-hybridized carbons (Fsp3) is 0.143. The first kappa shape index (κ1) is 10.4. The molecule has 66 valence electrons. The van der Waals surface area contributed by atoms with Crippen LogP contribution in [-0.4, -0.2) is 12.0 Å². The SMILES string of the molecule is CN.Nc1ccccc1[N+](=O)[O-]. The molecule has 0 aliphatic heterocycles. The number of hydrogen-bond donors (Lipinski definition) is 2. The van der Waals surface area contributed by atoms with Gasteiger partial charge in [0.05, 0.1) is 4.92 Å². The van der Waals surface area contributed by atoms with Crippen molar-refractivity contribution in [1.82, 2.24) is 0 Å². The molecule has 0 amide bonds. The van der Waals surface area contributed by atoms with Crippen LogP contribution >= 0.6 is 0 Å². The number of nitro benzene ring substituents is 1. The van der Waals surface area contributed by atoms with Crippen LogP contribution in [0.2, 0.25) is 0 Å². The summed E-state index contributed by atoms with van der Waals surface area (Å²) in [4.78, 5) is 9.64. The highest BCUT2D eigenvalue weighted by Crippen LogP contribution is 2.18. The molecule has 5 nitrogen and oxygen atoms in total. The quantitative estimate of drug-likeness (QED) is 0.368. The standard InChI is InChI=1S/C6H6N2O2.CH5N/c7-5-3-1-2-4-6(5)8(9)10;1-2/h1-4H,7H2;2H2,1H3. The van der Waals surface area contributed by atoms with Crippen molar-refractivity contribution in [3.05, 3.63) is 34.4 Å². The molecule has 1 aromatic carbocycles. The highest BCUT2D eigenvalue weighted by atomic mass is 16.6. The Hall–Kier alpha value is -1.62. The maximum absolute atomic E-state index is 10.1. The van der Waals surface area contributed by atoms with E-state index in [1.165, 1.54) is 19.2 Å². The first-order valence-corrected chi connectivity index (χ1v) is 3.28. The zero-order valence-electron chi connectivity index (χ0n) is 6.73. The highest BCUT2D eigenvalue weighted by molar-refractivity contribution is 5.57. The van der Waals surface area contributed by atoms with Crippen LogP contribution in [0.4, 0.5) is 11.4 Å². The second-order valence-electron chi connectivity index (χ2n) is 1.82. The minimum atomic E-state index is -0.505. The largest absolute Gasteiger partial charge is 0.393 e. The number of rotatable bonds is 1. The molecule has 5 heteroatoms. The van der Waals surface area contributed by atoms with Gasteiger partial charge in [0.25, 0.3) is 5.69 Å². The summed E-state index contributed by atoms with van der Waals surface area (Å²) in [6, 6.07) is 6.10. The van der Waals surface area contributed by atoms with Crippen LogP contribution in [0.15, 0.2) is 24.3 Å². The maximum atomic E-state index is 10.1. The average molecular weight is 169 g/mol. The van der Waals surface area contributed by atoms with Crippen LogP contribution in [-0.2, 0) is 0 Å². The summed E-state index contributed by atoms with van der Waals surface area (Å²) in [5.41, 5.74) is 9.94. The molecule has 0 bridgehead atoms. The van der Waals surface area contributed by atoms with Crippen molar-refractivity contribution in [2.45, 2.75) is 0 Å². The molecule has 0 radical (unpaired) electrons. The fourth-order valence-electron chi connectivity index (χ4n) is 0.654. The van der Waals surface area contributed by atoms with E-state index in [1.807, 2.05) is 0 Å². The van der Waals surface area contributed by atoms with Gasteiger partial charge < -0.3 is 11.5 Å². The summed E-state index contributed by atoms with van der Waals surface area (Å²) in [6.45, 7) is 0. The lowest BCUT2D eigenvalue weighted by atomic mass is 10.3. The molecule has 0 atom stereocenters. The molecular formula is C7H11N3O2. The average Bonchev–Trinajstić information content (AvgIpc) is 2.08. The van der Waals surface area contributed by atoms with Crippen LogP contribution in [0.1, 0.15) is 0 Å². The van der Waals surface area contributed by atoms with Gasteiger partial charge in [-0.2, -0.15) is 0 Å². The zero-order chi connectivity index (χ0) is 9.56. The molecule has 4 N–H and O–H groups in total. The number of nitrogens with zero attached hydrogens (tertiary/aromatic N) is 1. The molecule has 0 aliphatic rings. The Kier molecular flexibility index (Phi) is 4.40. The van der Waals surface area contributed by atoms with Crippen LogP contribution in [0, 0.1) is 10.1 Å². The zero-order valence-corrected chi connectivity index (χ0v) is 6.73. The lowest BCUT2D eigenvalue weighted by Crippen LogP contribution is -1.93. The van der Waals surface area contributed by atoms with Crippen LogP contribution in [0.5, 0.6) is 0 Å². The summed E-state index contributed by atoms with van der Waals surface area (Å²) in [6.07, 6.45) is 0. The van der Waals surface area contributed by atoms with E-state index < -0.39 is 4.92 Å². The van der Waals surface area contributed by atoms with Gasteiger partial charge in [-0.1, -0.05) is 12.1 Å². The van der Waals surface area contributed by atoms with E-state index >= 15 is 0 Å². The van der Waals surface area contributed by atoms with Crippen molar-refractivity contribution in [2.24, 2.45) is 5.73 Å². The topological polar surface area (TPSA) is 95.2 Å². The molecule has 0 heterocycles. The molecule has 0 aliphatic carbocycles. The third-order valence-corrected chi connectivity index (χ3v) is 1.13. The Morgan fingerprint density at radius 1 is 1.33 bits per heavy atom. The minimum absolute atomic E-state index is 0.0394. The van der Waals surface area contributed by atoms with E-state index in [4.69, 9.17) is 5.73 Å². The summed E-state index contributed by atoms with van der Waals surface area (Å²) in [5, 5.41) is 10.1. The van der Waals surface area contributed by atoms with Gasteiger partial charge in [-0.3, -0.25) is 10.1 Å². The molecule has 1 aromatic rings. The van der Waals surface area contributed by atoms with E-state index in [2.05, 4.69) is 5.73 Å². The van der Waals surface area contributed by atoms with Crippen molar-refractivity contribution in [2.75, 3.05) is 12.8 Å². The Labute approximate surface area is 70.1 Å². The van der Waals surface area contributed by atoms with Gasteiger partial charge in [-0.15, -0.1) is 0 Å². The number of hydrogen-bond acceptors (Lipinski definition) is 4. The number of anilines is 1. The van der Waals surface area contributed by atoms with Gasteiger partial charge in [0.15, 0.2) is 0 Å². The fourth-order valence-corrected chi connectivity index (χ4v) is 0.654. The summed E-state index contributed by atoms with van der Waals surface area (Å²) < 4.78 is 0. The molecule has 0 aromatic heterocycles. The Morgan fingerprint density at radius 2 is 1.83 bits per heavy atom. The van der Waals surface area contributed by atoms with Gasteiger partial charge in [0.2, 0.25) is 0 Å². The van der Waals surface area contributed by atoms with E-state index in [1.54, 1.807) is 12.1 Å². The molecule has 0 spiro atoms. The van der Waals surface area contributed by atoms with E-state index in [0.717, 1.165) is 0 Å². The third kappa shape index (κ3) is 2.55. The van der Waals surface area contributed by atoms with Crippen molar-refractivity contribution in [1.29, 1.82) is 0 Å². The van der Waals surface area contributed by atoms with Crippen LogP contribution in [0.3, 0.4) is 0 Å². The van der Waals surface area contributed by atoms with Crippen LogP contribution in [0.25, 0.3) is 0 Å². The van der Waals surface area contributed by atoms with Gasteiger partial charge in [-0.05, 0) is 13.1 Å². The molecule has 0 saturated heterocycles. The number of nitrogen functional groups attached to an aromatic ring is 1. The summed E-state index contributed by atoms with van der Waals surface area (Å²) in [5.74, 6) is 0. The molecule has 12 heavy (non-hydrogen) atoms. The Bertz CT molecular complexity index is 263. The van der Waals surface area contributed by atoms with Gasteiger partial charge in [0.1, 0.15) is 5.69 Å². The van der Waals surface area contributed by atoms with Gasteiger partial charge in [0, 0.05) is 6.07 Å². The molecular weight excluding hydrogens is 158 g/mol. The highest BCUT2D eigenvalue weighted by Gasteiger charge is 2.07. The van der Waals surface area contributed by atoms with E-state index in [0.29, 0.717) is 0 Å². The lowest BCUT2D eigenvalue weighted by Gasteiger charge is -1.92. The van der Waals surface area contributed by atoms with Crippen LogP contribution < -0.4 is 11.5 Å². The predicted octanol–water partition coefficient (Wildman–Crippen LogP) is 0.752. The first-order chi connectivity index (χ1) is 5.72. The second-order valence-corrected chi connectivity index (χ2v) is 1.82. The first-order valence-electron chi connectivity index (χ1n) is 3.28. The van der Waals surface area contributed by atoms with Crippen molar-refractivity contribution >= 4 is 11.4 Å². The smallest absolute Gasteiger partial charge is 0.292 e. The summed E-state index contributed by atoms with van der Waals surface area (Å²) >= 11 is 0. The Balaban J connectivity index is 0.000000561. The minimum Gasteiger partial charge on any atom is -0.393 e. The molecule has 0 saturated carbocycles. The molecule has 1 rings (SSSR count). The van der Waals surface area contributed by atoms with E-state index in [-0.39, 0.29) is 11.4 Å². The third-order valence-electron chi connectivity index (χ3n) is 1.13. The Morgan fingerprint density at radius 3 is 2.17 bits per heavy atom. The normalized spacial score (nSPS) is 8.17. The van der Waals surface area contributed by atoms with E-state index in [9.17, 15) is 10.1 Å². The predicted molar refractivity (Wildman–Crippen MR) is 47.6 cm³/mol. The molecule has 0 unspecified atom stereocenters. The van der Waals surface area contributed by atoms with Crippen molar-refractivity contribution in [3.63, 3.8) is 0 Å². The summed E-state index contributed by atoms with van der Waals surface area (Å²) in [7, 11) is 1.50. The van der Waals surface area contributed by atoms with Gasteiger partial charge >= 0.3 is 0 Å². The number of benzene rings is 1. The monoisotopic (exact) mass is 169 g/mol. The maximum Gasteiger partial charge on any atom is 0.292 e. The molecule has 0 fully saturated rings. The lowest BCUT2D eigenvalue weighted by molar-refractivity contribution is -0.383. The van der Waals surface area contributed by atoms with Gasteiger partial charge in [-0.25, -0.2) is 0 Å². The number of nitrogens with two attached hydrogens (primary N) is 2. The van der Waals surface area contributed by atoms with Crippen molar-refractivity contribution in [3.8, 4) is 0 Å². The van der Waals surface area contributed by atoms with Crippen molar-refractivity contribution < 1.29 is 4.92 Å². The number of para-hydroxylation sites is 2.